The van der Waals surface area contributed by atoms with Gasteiger partial charge in [0, 0.05) is 12.1 Å². The fraction of sp³-hybridized carbons (Fsp3) is 0.333. The Balaban J connectivity index is 2.06. The zero-order chi connectivity index (χ0) is 14.8. The molecule has 20 heavy (non-hydrogen) atoms. The highest BCUT2D eigenvalue weighted by molar-refractivity contribution is 5.77. The number of hydrogen-bond acceptors (Lipinski definition) is 4. The van der Waals surface area contributed by atoms with Gasteiger partial charge in [-0.25, -0.2) is 4.98 Å². The van der Waals surface area contributed by atoms with E-state index in [4.69, 9.17) is 9.52 Å². The van der Waals surface area contributed by atoms with E-state index in [1.54, 1.807) is 20.1 Å². The van der Waals surface area contributed by atoms with Crippen molar-refractivity contribution < 1.29 is 14.3 Å². The second-order valence-corrected chi connectivity index (χ2v) is 5.29. The number of aromatic nitrogens is 1. The predicted octanol–water partition coefficient (Wildman–Crippen LogP) is 2.60. The molecule has 5 heteroatoms. The van der Waals surface area contributed by atoms with Gasteiger partial charge in [0.25, 0.3) is 0 Å². The van der Waals surface area contributed by atoms with E-state index in [1.807, 2.05) is 31.2 Å². The van der Waals surface area contributed by atoms with E-state index in [9.17, 15) is 4.79 Å². The van der Waals surface area contributed by atoms with Crippen LogP contribution in [-0.4, -0.2) is 21.6 Å². The van der Waals surface area contributed by atoms with Crippen molar-refractivity contribution in [1.82, 2.24) is 10.3 Å². The van der Waals surface area contributed by atoms with Gasteiger partial charge in [0.15, 0.2) is 0 Å². The third kappa shape index (κ3) is 3.24. The SMILES string of the molecule is Cc1ccc(-c2nc(CNC(C)(C)C(=O)O)co2)cc1. The van der Waals surface area contributed by atoms with E-state index in [2.05, 4.69) is 10.3 Å². The molecule has 0 saturated heterocycles. The third-order valence-electron chi connectivity index (χ3n) is 3.10. The van der Waals surface area contributed by atoms with Gasteiger partial charge in [-0.05, 0) is 32.9 Å². The number of hydrogen-bond donors (Lipinski definition) is 2. The topological polar surface area (TPSA) is 75.4 Å². The van der Waals surface area contributed by atoms with Crippen LogP contribution in [0, 0.1) is 6.92 Å². The van der Waals surface area contributed by atoms with Crippen molar-refractivity contribution in [2.45, 2.75) is 32.9 Å². The molecule has 0 aliphatic carbocycles. The minimum Gasteiger partial charge on any atom is -0.480 e. The third-order valence-corrected chi connectivity index (χ3v) is 3.10. The van der Waals surface area contributed by atoms with Crippen LogP contribution in [0.25, 0.3) is 11.5 Å². The Labute approximate surface area is 117 Å². The minimum absolute atomic E-state index is 0.342. The molecule has 2 N–H and O–H groups in total. The van der Waals surface area contributed by atoms with Crippen molar-refractivity contribution in [2.24, 2.45) is 0 Å². The lowest BCUT2D eigenvalue weighted by atomic mass is 10.1. The molecule has 2 aromatic rings. The van der Waals surface area contributed by atoms with Crippen molar-refractivity contribution in [1.29, 1.82) is 0 Å². The van der Waals surface area contributed by atoms with Crippen LogP contribution in [0.4, 0.5) is 0 Å². The lowest BCUT2D eigenvalue weighted by Gasteiger charge is -2.19. The molecule has 0 amide bonds. The number of oxazole rings is 1. The van der Waals surface area contributed by atoms with Gasteiger partial charge in [0.05, 0.1) is 5.69 Å². The molecule has 0 fully saturated rings. The van der Waals surface area contributed by atoms with Crippen molar-refractivity contribution in [3.05, 3.63) is 41.8 Å². The van der Waals surface area contributed by atoms with Gasteiger partial charge < -0.3 is 9.52 Å². The Morgan fingerprint density at radius 2 is 2.00 bits per heavy atom. The summed E-state index contributed by atoms with van der Waals surface area (Å²) in [7, 11) is 0. The van der Waals surface area contributed by atoms with E-state index < -0.39 is 11.5 Å². The minimum atomic E-state index is -0.997. The average molecular weight is 274 g/mol. The number of aryl methyl sites for hydroxylation is 1. The lowest BCUT2D eigenvalue weighted by Crippen LogP contribution is -2.46. The van der Waals surface area contributed by atoms with E-state index in [-0.39, 0.29) is 0 Å². The zero-order valence-corrected chi connectivity index (χ0v) is 11.8. The molecule has 0 radical (unpaired) electrons. The molecule has 2 rings (SSSR count). The van der Waals surface area contributed by atoms with Crippen LogP contribution in [0.15, 0.2) is 34.9 Å². The molecule has 0 aliphatic rings. The number of rotatable bonds is 5. The number of nitrogens with zero attached hydrogens (tertiary/aromatic N) is 1. The van der Waals surface area contributed by atoms with Crippen molar-refractivity contribution >= 4 is 5.97 Å². The van der Waals surface area contributed by atoms with Gasteiger partial charge in [0.1, 0.15) is 11.8 Å². The zero-order valence-electron chi connectivity index (χ0n) is 11.8. The number of carbonyl (C=O) groups is 1. The summed E-state index contributed by atoms with van der Waals surface area (Å²) in [5.74, 6) is -0.366. The molecule has 0 bridgehead atoms. The van der Waals surface area contributed by atoms with Crippen LogP contribution in [-0.2, 0) is 11.3 Å². The number of carboxylic acids is 1. The van der Waals surface area contributed by atoms with Crippen LogP contribution in [0.5, 0.6) is 0 Å². The molecular weight excluding hydrogens is 256 g/mol. The van der Waals surface area contributed by atoms with Gasteiger partial charge in [-0.1, -0.05) is 17.7 Å². The summed E-state index contributed by atoms with van der Waals surface area (Å²) in [4.78, 5) is 15.3. The molecule has 0 saturated carbocycles. The molecule has 0 atom stereocenters. The molecule has 106 valence electrons. The number of benzene rings is 1. The van der Waals surface area contributed by atoms with E-state index in [1.165, 1.54) is 5.56 Å². The van der Waals surface area contributed by atoms with Crippen LogP contribution in [0.2, 0.25) is 0 Å². The first-order chi connectivity index (χ1) is 9.38. The van der Waals surface area contributed by atoms with E-state index >= 15 is 0 Å². The summed E-state index contributed by atoms with van der Waals surface area (Å²) >= 11 is 0. The molecule has 0 unspecified atom stereocenters. The largest absolute Gasteiger partial charge is 0.480 e. The summed E-state index contributed by atoms with van der Waals surface area (Å²) < 4.78 is 5.42. The second-order valence-electron chi connectivity index (χ2n) is 5.29. The van der Waals surface area contributed by atoms with E-state index in [0.717, 1.165) is 5.56 Å². The highest BCUT2D eigenvalue weighted by Crippen LogP contribution is 2.19. The number of aliphatic carboxylic acids is 1. The Hall–Kier alpha value is -2.14. The maximum atomic E-state index is 11.0. The normalized spacial score (nSPS) is 11.6. The Bertz CT molecular complexity index is 600. The molecule has 0 spiro atoms. The Kier molecular flexibility index (Phi) is 3.90. The van der Waals surface area contributed by atoms with Crippen molar-refractivity contribution in [3.63, 3.8) is 0 Å². The lowest BCUT2D eigenvalue weighted by molar-refractivity contribution is -0.143. The molecule has 5 nitrogen and oxygen atoms in total. The van der Waals surface area contributed by atoms with Gasteiger partial charge in [-0.3, -0.25) is 10.1 Å². The maximum Gasteiger partial charge on any atom is 0.323 e. The monoisotopic (exact) mass is 274 g/mol. The molecule has 1 aromatic heterocycles. The van der Waals surface area contributed by atoms with Gasteiger partial charge in [0.2, 0.25) is 5.89 Å². The molecule has 0 aliphatic heterocycles. The average Bonchev–Trinajstić information content (AvgIpc) is 2.86. The van der Waals surface area contributed by atoms with Gasteiger partial charge in [-0.2, -0.15) is 0 Å². The summed E-state index contributed by atoms with van der Waals surface area (Å²) in [5, 5.41) is 11.9. The summed E-state index contributed by atoms with van der Waals surface area (Å²) in [6.45, 7) is 5.57. The Morgan fingerprint density at radius 3 is 2.60 bits per heavy atom. The highest BCUT2D eigenvalue weighted by Gasteiger charge is 2.26. The Morgan fingerprint density at radius 1 is 1.35 bits per heavy atom. The fourth-order valence-electron chi connectivity index (χ4n) is 1.60. The summed E-state index contributed by atoms with van der Waals surface area (Å²) in [5.41, 5.74) is 1.75. The quantitative estimate of drug-likeness (QED) is 0.876. The van der Waals surface area contributed by atoms with Gasteiger partial charge in [-0.15, -0.1) is 0 Å². The molecular formula is C15H18N2O3. The van der Waals surface area contributed by atoms with E-state index in [0.29, 0.717) is 18.1 Å². The molecule has 1 aromatic carbocycles. The first kappa shape index (κ1) is 14.3. The van der Waals surface area contributed by atoms with Crippen LogP contribution >= 0.6 is 0 Å². The highest BCUT2D eigenvalue weighted by atomic mass is 16.4. The smallest absolute Gasteiger partial charge is 0.323 e. The van der Waals surface area contributed by atoms with Crippen molar-refractivity contribution in [2.75, 3.05) is 0 Å². The van der Waals surface area contributed by atoms with Crippen molar-refractivity contribution in [3.8, 4) is 11.5 Å². The second kappa shape index (κ2) is 5.46. The number of carboxylic acid groups (broad SMARTS) is 1. The maximum absolute atomic E-state index is 11.0. The van der Waals surface area contributed by atoms with Crippen LogP contribution in [0.3, 0.4) is 0 Å². The first-order valence-corrected chi connectivity index (χ1v) is 6.38. The summed E-state index contributed by atoms with van der Waals surface area (Å²) in [6.07, 6.45) is 1.54. The van der Waals surface area contributed by atoms with Crippen LogP contribution in [0.1, 0.15) is 25.1 Å². The fourth-order valence-corrected chi connectivity index (χ4v) is 1.60. The predicted molar refractivity (Wildman–Crippen MR) is 75.2 cm³/mol. The summed E-state index contributed by atoms with van der Waals surface area (Å²) in [6, 6.07) is 7.87. The standard InChI is InChI=1S/C15H18N2O3/c1-10-4-6-11(7-5-10)13-17-12(9-20-13)8-16-15(2,3)14(18)19/h4-7,9,16H,8H2,1-3H3,(H,18,19). The van der Waals surface area contributed by atoms with Crippen LogP contribution < -0.4 is 5.32 Å². The number of nitrogens with one attached hydrogen (secondary N) is 1. The first-order valence-electron chi connectivity index (χ1n) is 6.38. The van der Waals surface area contributed by atoms with Gasteiger partial charge >= 0.3 is 5.97 Å². The molecule has 1 heterocycles.